The van der Waals surface area contributed by atoms with Gasteiger partial charge in [-0.15, -0.1) is 0 Å². The molecule has 2 aliphatic rings. The van der Waals surface area contributed by atoms with Crippen molar-refractivity contribution >= 4 is 11.2 Å². The maximum absolute atomic E-state index is 4.95. The lowest BCUT2D eigenvalue weighted by molar-refractivity contribution is 0.152. The van der Waals surface area contributed by atoms with E-state index in [1.165, 1.54) is 44.5 Å². The van der Waals surface area contributed by atoms with Gasteiger partial charge in [0.15, 0.2) is 5.65 Å². The molecule has 4 rings (SSSR count). The number of likely N-dealkylation sites (N-methyl/N-ethyl adjacent to an activating group) is 1. The summed E-state index contributed by atoms with van der Waals surface area (Å²) < 4.78 is 2.38. The van der Waals surface area contributed by atoms with Crippen LogP contribution in [0.1, 0.15) is 51.0 Å². The molecule has 5 heteroatoms. The Morgan fingerprint density at radius 1 is 1.26 bits per heavy atom. The Labute approximate surface area is 138 Å². The number of aromatic nitrogens is 3. The molecular weight excluding hydrogens is 286 g/mol. The third-order valence-corrected chi connectivity index (χ3v) is 5.44. The van der Waals surface area contributed by atoms with E-state index in [0.717, 1.165) is 30.7 Å². The fourth-order valence-corrected chi connectivity index (χ4v) is 4.25. The van der Waals surface area contributed by atoms with Crippen molar-refractivity contribution in [3.05, 3.63) is 24.2 Å². The minimum absolute atomic E-state index is 0.364. The summed E-state index contributed by atoms with van der Waals surface area (Å²) in [6.45, 7) is 5.76. The van der Waals surface area contributed by atoms with E-state index in [0.29, 0.717) is 12.2 Å². The summed E-state index contributed by atoms with van der Waals surface area (Å²) >= 11 is 0. The van der Waals surface area contributed by atoms with Gasteiger partial charge in [0.1, 0.15) is 11.3 Å². The van der Waals surface area contributed by atoms with E-state index in [2.05, 4.69) is 32.8 Å². The van der Waals surface area contributed by atoms with Gasteiger partial charge in [0, 0.05) is 18.7 Å². The number of likely N-dealkylation sites (tertiary alicyclic amines) is 1. The van der Waals surface area contributed by atoms with Gasteiger partial charge < -0.3 is 4.90 Å². The number of piperidine rings is 1. The molecule has 1 N–H and O–H groups in total. The maximum Gasteiger partial charge on any atom is 0.161 e. The molecule has 2 aliphatic heterocycles. The number of imidazole rings is 1. The lowest BCUT2D eigenvalue weighted by atomic mass is 9.99. The third kappa shape index (κ3) is 2.88. The molecule has 0 aromatic carbocycles. The predicted octanol–water partition coefficient (Wildman–Crippen LogP) is 2.73. The van der Waals surface area contributed by atoms with Crippen molar-refractivity contribution in [1.82, 2.24) is 24.8 Å². The SMILES string of the molecule is CCN1CCCCC1Cc1nc2cccnc2n1C1CCCN1. The molecule has 4 heterocycles. The van der Waals surface area contributed by atoms with Gasteiger partial charge in [-0.05, 0) is 57.5 Å². The average Bonchev–Trinajstić information content (AvgIpc) is 3.22. The van der Waals surface area contributed by atoms with Crippen LogP contribution in [0.3, 0.4) is 0 Å². The van der Waals surface area contributed by atoms with E-state index in [1.807, 2.05) is 12.3 Å². The Kier molecular flexibility index (Phi) is 4.31. The van der Waals surface area contributed by atoms with Crippen LogP contribution < -0.4 is 5.32 Å². The Balaban J connectivity index is 1.69. The average molecular weight is 313 g/mol. The largest absolute Gasteiger partial charge is 0.300 e. The molecular formula is C18H27N5. The molecule has 0 spiro atoms. The molecule has 0 saturated carbocycles. The molecule has 5 nitrogen and oxygen atoms in total. The van der Waals surface area contributed by atoms with Crippen molar-refractivity contribution in [1.29, 1.82) is 0 Å². The van der Waals surface area contributed by atoms with Crippen molar-refractivity contribution < 1.29 is 0 Å². The molecule has 0 bridgehead atoms. The highest BCUT2D eigenvalue weighted by Gasteiger charge is 2.27. The van der Waals surface area contributed by atoms with Crippen LogP contribution in [0.4, 0.5) is 0 Å². The highest BCUT2D eigenvalue weighted by Crippen LogP contribution is 2.27. The molecule has 0 aliphatic carbocycles. The number of pyridine rings is 1. The second-order valence-corrected chi connectivity index (χ2v) is 6.84. The van der Waals surface area contributed by atoms with Gasteiger partial charge >= 0.3 is 0 Å². The highest BCUT2D eigenvalue weighted by atomic mass is 15.3. The van der Waals surface area contributed by atoms with Crippen LogP contribution in [0.2, 0.25) is 0 Å². The first kappa shape index (κ1) is 15.1. The van der Waals surface area contributed by atoms with Crippen molar-refractivity contribution in [2.75, 3.05) is 19.6 Å². The second kappa shape index (κ2) is 6.57. The second-order valence-electron chi connectivity index (χ2n) is 6.84. The molecule has 2 saturated heterocycles. The molecule has 2 fully saturated rings. The van der Waals surface area contributed by atoms with Gasteiger partial charge in [0.05, 0.1) is 6.17 Å². The minimum atomic E-state index is 0.364. The van der Waals surface area contributed by atoms with Crippen LogP contribution in [0.5, 0.6) is 0 Å². The van der Waals surface area contributed by atoms with Crippen molar-refractivity contribution in [2.24, 2.45) is 0 Å². The maximum atomic E-state index is 4.95. The van der Waals surface area contributed by atoms with Crippen molar-refractivity contribution in [3.8, 4) is 0 Å². The Morgan fingerprint density at radius 2 is 2.22 bits per heavy atom. The molecule has 2 atom stereocenters. The lowest BCUT2D eigenvalue weighted by Crippen LogP contribution is -2.41. The van der Waals surface area contributed by atoms with Crippen LogP contribution >= 0.6 is 0 Å². The minimum Gasteiger partial charge on any atom is -0.300 e. The van der Waals surface area contributed by atoms with Crippen LogP contribution in [-0.2, 0) is 6.42 Å². The van der Waals surface area contributed by atoms with Crippen LogP contribution in [-0.4, -0.2) is 45.1 Å². The topological polar surface area (TPSA) is 46.0 Å². The van der Waals surface area contributed by atoms with E-state index in [9.17, 15) is 0 Å². The summed E-state index contributed by atoms with van der Waals surface area (Å²) in [5, 5.41) is 3.62. The van der Waals surface area contributed by atoms with Crippen LogP contribution in [0.25, 0.3) is 11.2 Å². The lowest BCUT2D eigenvalue weighted by Gasteiger charge is -2.35. The van der Waals surface area contributed by atoms with Gasteiger partial charge in [0.25, 0.3) is 0 Å². The fraction of sp³-hybridized carbons (Fsp3) is 0.667. The normalized spacial score (nSPS) is 26.1. The van der Waals surface area contributed by atoms with E-state index < -0.39 is 0 Å². The number of hydrogen-bond donors (Lipinski definition) is 1. The Hall–Kier alpha value is -1.46. The van der Waals surface area contributed by atoms with Gasteiger partial charge in [-0.1, -0.05) is 13.3 Å². The summed E-state index contributed by atoms with van der Waals surface area (Å²) in [6, 6.07) is 4.71. The molecule has 2 unspecified atom stereocenters. The summed E-state index contributed by atoms with van der Waals surface area (Å²) in [5.74, 6) is 1.21. The summed E-state index contributed by atoms with van der Waals surface area (Å²) in [6.07, 6.45) is 9.69. The molecule has 23 heavy (non-hydrogen) atoms. The smallest absolute Gasteiger partial charge is 0.161 e. The summed E-state index contributed by atoms with van der Waals surface area (Å²) in [7, 11) is 0. The number of nitrogens with one attached hydrogen (secondary N) is 1. The number of hydrogen-bond acceptors (Lipinski definition) is 4. The number of nitrogens with zero attached hydrogens (tertiary/aromatic N) is 4. The van der Waals surface area contributed by atoms with Gasteiger partial charge in [0.2, 0.25) is 0 Å². The summed E-state index contributed by atoms with van der Waals surface area (Å²) in [4.78, 5) is 12.2. The molecule has 124 valence electrons. The fourth-order valence-electron chi connectivity index (χ4n) is 4.25. The molecule has 2 aromatic heterocycles. The van der Waals surface area contributed by atoms with E-state index in [4.69, 9.17) is 4.98 Å². The van der Waals surface area contributed by atoms with Gasteiger partial charge in [-0.25, -0.2) is 9.97 Å². The monoisotopic (exact) mass is 313 g/mol. The zero-order chi connectivity index (χ0) is 15.6. The quantitative estimate of drug-likeness (QED) is 0.943. The molecule has 2 aromatic rings. The zero-order valence-corrected chi connectivity index (χ0v) is 14.0. The first-order chi connectivity index (χ1) is 11.4. The molecule has 0 radical (unpaired) electrons. The third-order valence-electron chi connectivity index (χ3n) is 5.44. The summed E-state index contributed by atoms with van der Waals surface area (Å²) in [5.41, 5.74) is 2.08. The van der Waals surface area contributed by atoms with Gasteiger partial charge in [-0.3, -0.25) is 9.88 Å². The molecule has 0 amide bonds. The Bertz CT molecular complexity index is 658. The van der Waals surface area contributed by atoms with Crippen LogP contribution in [0, 0.1) is 0 Å². The van der Waals surface area contributed by atoms with E-state index in [-0.39, 0.29) is 0 Å². The number of fused-ring (bicyclic) bond motifs is 1. The highest BCUT2D eigenvalue weighted by molar-refractivity contribution is 5.71. The van der Waals surface area contributed by atoms with Crippen molar-refractivity contribution in [2.45, 2.75) is 57.7 Å². The standard InChI is InChI=1S/C18H27N5/c1-2-22-12-4-3-7-14(22)13-17-21-15-8-5-11-20-18(15)23(17)16-9-6-10-19-16/h5,8,11,14,16,19H,2-4,6-7,9-10,12-13H2,1H3. The first-order valence-corrected chi connectivity index (χ1v) is 9.16. The first-order valence-electron chi connectivity index (χ1n) is 9.16. The number of rotatable bonds is 4. The van der Waals surface area contributed by atoms with Gasteiger partial charge in [-0.2, -0.15) is 0 Å². The van der Waals surface area contributed by atoms with Crippen molar-refractivity contribution in [3.63, 3.8) is 0 Å². The van der Waals surface area contributed by atoms with E-state index in [1.54, 1.807) is 0 Å². The Morgan fingerprint density at radius 3 is 3.04 bits per heavy atom. The predicted molar refractivity (Wildman–Crippen MR) is 92.4 cm³/mol. The zero-order valence-electron chi connectivity index (χ0n) is 14.0. The van der Waals surface area contributed by atoms with E-state index >= 15 is 0 Å². The van der Waals surface area contributed by atoms with Crippen LogP contribution in [0.15, 0.2) is 18.3 Å².